The van der Waals surface area contributed by atoms with Crippen molar-refractivity contribution >= 4 is 23.5 Å². The molecule has 4 unspecified atom stereocenters. The van der Waals surface area contributed by atoms with Gasteiger partial charge in [-0.2, -0.15) is 5.26 Å². The number of methoxy groups -OCH3 is 2. The van der Waals surface area contributed by atoms with Gasteiger partial charge in [0.2, 0.25) is 0 Å². The molecular formula is C20H19NO2S2. The van der Waals surface area contributed by atoms with E-state index in [-0.39, 0.29) is 0 Å². The zero-order valence-corrected chi connectivity index (χ0v) is 15.8. The molecule has 1 saturated carbocycles. The monoisotopic (exact) mass is 369 g/mol. The summed E-state index contributed by atoms with van der Waals surface area (Å²) >= 11 is 3.33. The fourth-order valence-electron chi connectivity index (χ4n) is 4.30. The Hall–Kier alpha value is -1.77. The molecule has 0 amide bonds. The maximum atomic E-state index is 9.26. The summed E-state index contributed by atoms with van der Waals surface area (Å²) in [5.41, 5.74) is 2.54. The fourth-order valence-corrected chi connectivity index (χ4v) is 6.81. The average Bonchev–Trinajstić information content (AvgIpc) is 3.14. The number of ether oxygens (including phenoxy) is 2. The summed E-state index contributed by atoms with van der Waals surface area (Å²) in [5.74, 6) is 2.56. The molecule has 0 radical (unpaired) electrons. The summed E-state index contributed by atoms with van der Waals surface area (Å²) < 4.78 is 11.3. The van der Waals surface area contributed by atoms with Crippen molar-refractivity contribution in [3.8, 4) is 16.9 Å². The van der Waals surface area contributed by atoms with Crippen molar-refractivity contribution in [1.82, 2.24) is 0 Å². The molecule has 1 fully saturated rings. The molecule has 0 heterocycles. The molecule has 0 aliphatic heterocycles. The number of benzene rings is 2. The van der Waals surface area contributed by atoms with Crippen molar-refractivity contribution < 1.29 is 9.47 Å². The summed E-state index contributed by atoms with van der Waals surface area (Å²) in [5, 5.41) is 12.3. The molecule has 3 nitrogen and oxygen atoms in total. The standard InChI is InChI=1S/C20H19NO2S2/c1-22-14-8-9-15(23-2)18-17(14)13-10-16(24-11-21)19(18)20(13)25-12-6-4-3-5-7-12/h3-9,13,16,19-20H,10H2,1-2H3. The van der Waals surface area contributed by atoms with E-state index in [1.807, 2.05) is 30.0 Å². The van der Waals surface area contributed by atoms with E-state index < -0.39 is 0 Å². The highest BCUT2D eigenvalue weighted by molar-refractivity contribution is 8.04. The molecule has 0 spiro atoms. The molecule has 0 aromatic heterocycles. The van der Waals surface area contributed by atoms with Crippen LogP contribution in [-0.4, -0.2) is 24.7 Å². The van der Waals surface area contributed by atoms with Crippen LogP contribution in [0, 0.1) is 10.7 Å². The lowest BCUT2D eigenvalue weighted by Crippen LogP contribution is -2.16. The zero-order chi connectivity index (χ0) is 17.4. The van der Waals surface area contributed by atoms with Crippen molar-refractivity contribution in [2.24, 2.45) is 0 Å². The predicted molar refractivity (Wildman–Crippen MR) is 103 cm³/mol. The molecule has 2 aliphatic rings. The molecule has 2 aromatic carbocycles. The number of fused-ring (bicyclic) bond motifs is 5. The smallest absolute Gasteiger partial charge is 0.133 e. The van der Waals surface area contributed by atoms with Crippen LogP contribution in [0.5, 0.6) is 11.5 Å². The van der Waals surface area contributed by atoms with E-state index in [4.69, 9.17) is 9.47 Å². The summed E-state index contributed by atoms with van der Waals surface area (Å²) in [6, 6.07) is 14.5. The Bertz CT molecular complexity index is 818. The Morgan fingerprint density at radius 3 is 2.32 bits per heavy atom. The topological polar surface area (TPSA) is 42.2 Å². The van der Waals surface area contributed by atoms with E-state index in [1.54, 1.807) is 14.2 Å². The van der Waals surface area contributed by atoms with Gasteiger partial charge in [-0.25, -0.2) is 0 Å². The van der Waals surface area contributed by atoms with Crippen LogP contribution >= 0.6 is 23.5 Å². The molecule has 0 saturated heterocycles. The third-order valence-electron chi connectivity index (χ3n) is 5.21. The molecule has 25 heavy (non-hydrogen) atoms. The van der Waals surface area contributed by atoms with Crippen LogP contribution in [0.1, 0.15) is 29.4 Å². The number of hydrogen-bond acceptors (Lipinski definition) is 5. The first kappa shape index (κ1) is 16.7. The van der Waals surface area contributed by atoms with Crippen LogP contribution < -0.4 is 9.47 Å². The van der Waals surface area contributed by atoms with Gasteiger partial charge < -0.3 is 9.47 Å². The van der Waals surface area contributed by atoms with Gasteiger partial charge in [-0.3, -0.25) is 0 Å². The second-order valence-corrected chi connectivity index (χ2v) is 8.58. The summed E-state index contributed by atoms with van der Waals surface area (Å²) in [7, 11) is 3.45. The highest BCUT2D eigenvalue weighted by atomic mass is 32.2. The Morgan fingerprint density at radius 2 is 1.68 bits per heavy atom. The van der Waals surface area contributed by atoms with E-state index in [2.05, 4.69) is 29.7 Å². The van der Waals surface area contributed by atoms with Crippen molar-refractivity contribution in [3.63, 3.8) is 0 Å². The van der Waals surface area contributed by atoms with Crippen LogP contribution in [0.4, 0.5) is 0 Å². The van der Waals surface area contributed by atoms with Gasteiger partial charge in [-0.1, -0.05) is 18.2 Å². The quantitative estimate of drug-likeness (QED) is 0.691. The summed E-state index contributed by atoms with van der Waals surface area (Å²) in [6.07, 6.45) is 1.02. The molecule has 4 rings (SSSR count). The minimum Gasteiger partial charge on any atom is -0.496 e. The molecule has 4 atom stereocenters. The molecule has 128 valence electrons. The minimum absolute atomic E-state index is 0.305. The van der Waals surface area contributed by atoms with Crippen LogP contribution in [0.2, 0.25) is 0 Å². The number of thioether (sulfide) groups is 2. The lowest BCUT2D eigenvalue weighted by Gasteiger charge is -2.25. The number of hydrogen-bond donors (Lipinski definition) is 0. The van der Waals surface area contributed by atoms with Gasteiger partial charge >= 0.3 is 0 Å². The number of nitrogens with zero attached hydrogens (tertiary/aromatic N) is 1. The molecule has 5 heteroatoms. The van der Waals surface area contributed by atoms with Crippen molar-refractivity contribution in [1.29, 1.82) is 5.26 Å². The Kier molecular flexibility index (Phi) is 4.58. The normalized spacial score (nSPS) is 26.1. The van der Waals surface area contributed by atoms with Crippen LogP contribution in [0.25, 0.3) is 0 Å². The maximum Gasteiger partial charge on any atom is 0.133 e. The molecule has 2 bridgehead atoms. The third kappa shape index (κ3) is 2.68. The van der Waals surface area contributed by atoms with Crippen LogP contribution in [0.3, 0.4) is 0 Å². The van der Waals surface area contributed by atoms with Gasteiger partial charge in [0, 0.05) is 38.4 Å². The fraction of sp³-hybridized carbons (Fsp3) is 0.350. The Morgan fingerprint density at radius 1 is 1.00 bits per heavy atom. The van der Waals surface area contributed by atoms with Gasteiger partial charge in [-0.15, -0.1) is 11.8 Å². The Balaban J connectivity index is 1.79. The number of rotatable bonds is 5. The Labute approximate surface area is 156 Å². The second-order valence-electron chi connectivity index (χ2n) is 6.31. The minimum atomic E-state index is 0.305. The zero-order valence-electron chi connectivity index (χ0n) is 14.1. The lowest BCUT2D eigenvalue weighted by molar-refractivity contribution is 0.391. The maximum absolute atomic E-state index is 9.26. The van der Waals surface area contributed by atoms with Crippen LogP contribution in [-0.2, 0) is 0 Å². The van der Waals surface area contributed by atoms with E-state index in [9.17, 15) is 5.26 Å². The molecule has 2 aliphatic carbocycles. The number of thiocyanates is 1. The van der Waals surface area contributed by atoms with Gasteiger partial charge in [0.25, 0.3) is 0 Å². The van der Waals surface area contributed by atoms with Crippen LogP contribution in [0.15, 0.2) is 47.4 Å². The highest BCUT2D eigenvalue weighted by Gasteiger charge is 2.54. The first-order valence-corrected chi connectivity index (χ1v) is 10.1. The van der Waals surface area contributed by atoms with E-state index >= 15 is 0 Å². The lowest BCUT2D eigenvalue weighted by atomic mass is 9.90. The molecule has 2 aromatic rings. The van der Waals surface area contributed by atoms with Gasteiger partial charge in [-0.05, 0) is 42.4 Å². The van der Waals surface area contributed by atoms with Gasteiger partial charge in [0.15, 0.2) is 0 Å². The second kappa shape index (κ2) is 6.86. The molecule has 0 N–H and O–H groups in total. The van der Waals surface area contributed by atoms with E-state index in [1.165, 1.54) is 27.8 Å². The average molecular weight is 370 g/mol. The highest BCUT2D eigenvalue weighted by Crippen LogP contribution is 2.65. The predicted octanol–water partition coefficient (Wildman–Crippen LogP) is 5.03. The van der Waals surface area contributed by atoms with Gasteiger partial charge in [0.1, 0.15) is 16.9 Å². The third-order valence-corrected chi connectivity index (χ3v) is 7.54. The van der Waals surface area contributed by atoms with Crippen molar-refractivity contribution in [3.05, 3.63) is 53.6 Å². The largest absolute Gasteiger partial charge is 0.496 e. The summed E-state index contributed by atoms with van der Waals surface area (Å²) in [4.78, 5) is 1.27. The van der Waals surface area contributed by atoms with Gasteiger partial charge in [0.05, 0.1) is 14.2 Å². The van der Waals surface area contributed by atoms with E-state index in [0.29, 0.717) is 22.3 Å². The number of nitriles is 1. The van der Waals surface area contributed by atoms with Crippen molar-refractivity contribution in [2.75, 3.05) is 14.2 Å². The first-order chi connectivity index (χ1) is 12.3. The van der Waals surface area contributed by atoms with Crippen molar-refractivity contribution in [2.45, 2.75) is 33.7 Å². The SMILES string of the molecule is COc1ccc(OC)c2c1C1CC(SC#N)C2C1Sc1ccccc1. The molecular weight excluding hydrogens is 350 g/mol. The van der Waals surface area contributed by atoms with E-state index in [0.717, 1.165) is 17.9 Å². The first-order valence-electron chi connectivity index (χ1n) is 8.29. The summed E-state index contributed by atoms with van der Waals surface area (Å²) in [6.45, 7) is 0.